The minimum atomic E-state index is -5.53. The summed E-state index contributed by atoms with van der Waals surface area (Å²) in [6.07, 6.45) is 0.181. The van der Waals surface area contributed by atoms with Crippen molar-refractivity contribution in [1.82, 2.24) is 0 Å². The summed E-state index contributed by atoms with van der Waals surface area (Å²) in [6.45, 7) is 0.459. The highest BCUT2D eigenvalue weighted by Gasteiger charge is 2.48. The Morgan fingerprint density at radius 3 is 2.10 bits per heavy atom. The van der Waals surface area contributed by atoms with E-state index in [-0.39, 0.29) is 12.1 Å². The van der Waals surface area contributed by atoms with Crippen LogP contribution in [0.2, 0.25) is 0 Å². The highest BCUT2D eigenvalue weighted by molar-refractivity contribution is 7.92. The third-order valence-electron chi connectivity index (χ3n) is 3.16. The third-order valence-corrected chi connectivity index (χ3v) is 4.71. The molecule has 5 nitrogen and oxygen atoms in total. The van der Waals surface area contributed by atoms with Crippen LogP contribution in [0.5, 0.6) is 0 Å². The Bertz CT molecular complexity index is 574. The van der Waals surface area contributed by atoms with Crippen LogP contribution in [0.15, 0.2) is 29.2 Å². The van der Waals surface area contributed by atoms with Crippen molar-refractivity contribution in [2.45, 2.75) is 29.3 Å². The van der Waals surface area contributed by atoms with E-state index in [0.717, 1.165) is 18.2 Å². The predicted molar refractivity (Wildman–Crippen MR) is 70.5 cm³/mol. The molecule has 0 aliphatic rings. The van der Waals surface area contributed by atoms with Crippen molar-refractivity contribution in [2.75, 3.05) is 18.5 Å². The van der Waals surface area contributed by atoms with Gasteiger partial charge in [0, 0.05) is 0 Å². The number of rotatable bonds is 6. The van der Waals surface area contributed by atoms with E-state index in [9.17, 15) is 31.8 Å². The van der Waals surface area contributed by atoms with E-state index in [0.29, 0.717) is 0 Å². The standard InChI is InChI=1S/C12H16F3NO4S/c1-2-11(7-17,8-18)16-9-5-3-4-6-10(9)21(19,20)12(13,14)15/h3-6,16-18H,2,7-8H2,1H3. The molecule has 0 aliphatic heterocycles. The molecule has 1 aromatic carbocycles. The molecule has 0 bridgehead atoms. The summed E-state index contributed by atoms with van der Waals surface area (Å²) in [5.74, 6) is 0. The molecular formula is C12H16F3NO4S. The first kappa shape index (κ1) is 17.7. The van der Waals surface area contributed by atoms with Crippen LogP contribution in [0.1, 0.15) is 13.3 Å². The Kier molecular flexibility index (Phi) is 5.24. The summed E-state index contributed by atoms with van der Waals surface area (Å²) in [6, 6.07) is 4.48. The maximum atomic E-state index is 12.7. The van der Waals surface area contributed by atoms with Gasteiger partial charge in [0.05, 0.1) is 29.3 Å². The van der Waals surface area contributed by atoms with Crippen LogP contribution in [0.3, 0.4) is 0 Å². The Balaban J connectivity index is 3.36. The zero-order chi connectivity index (χ0) is 16.3. The molecule has 0 atom stereocenters. The van der Waals surface area contributed by atoms with Gasteiger partial charge in [0.1, 0.15) is 0 Å². The molecule has 0 heterocycles. The second-order valence-electron chi connectivity index (χ2n) is 4.52. The largest absolute Gasteiger partial charge is 0.501 e. The molecule has 0 aliphatic carbocycles. The molecule has 0 aromatic heterocycles. The Hall–Kier alpha value is -1.32. The van der Waals surface area contributed by atoms with Crippen molar-refractivity contribution in [3.8, 4) is 0 Å². The van der Waals surface area contributed by atoms with Gasteiger partial charge < -0.3 is 15.5 Å². The number of aliphatic hydroxyl groups is 2. The lowest BCUT2D eigenvalue weighted by atomic mass is 9.98. The summed E-state index contributed by atoms with van der Waals surface area (Å²) in [7, 11) is -5.53. The van der Waals surface area contributed by atoms with E-state index in [1.165, 1.54) is 6.07 Å². The fourth-order valence-corrected chi connectivity index (χ4v) is 2.57. The normalized spacial score (nSPS) is 13.2. The van der Waals surface area contributed by atoms with E-state index in [1.807, 2.05) is 0 Å². The molecule has 0 saturated carbocycles. The quantitative estimate of drug-likeness (QED) is 0.737. The summed E-state index contributed by atoms with van der Waals surface area (Å²) < 4.78 is 61.1. The molecule has 0 spiro atoms. The van der Waals surface area contributed by atoms with Crippen LogP contribution in [0.4, 0.5) is 18.9 Å². The number of aliphatic hydroxyl groups excluding tert-OH is 2. The lowest BCUT2D eigenvalue weighted by molar-refractivity contribution is -0.0435. The fourth-order valence-electron chi connectivity index (χ4n) is 1.66. The SMILES string of the molecule is CCC(CO)(CO)Nc1ccccc1S(=O)(=O)C(F)(F)F. The molecule has 0 amide bonds. The van der Waals surface area contributed by atoms with Crippen molar-refractivity contribution in [3.05, 3.63) is 24.3 Å². The Labute approximate surface area is 120 Å². The first-order valence-corrected chi connectivity index (χ1v) is 7.52. The van der Waals surface area contributed by atoms with Crippen molar-refractivity contribution in [1.29, 1.82) is 0 Å². The second kappa shape index (κ2) is 6.20. The molecular weight excluding hydrogens is 311 g/mol. The topological polar surface area (TPSA) is 86.6 Å². The highest BCUT2D eigenvalue weighted by atomic mass is 32.2. The number of hydrogen-bond acceptors (Lipinski definition) is 5. The molecule has 0 saturated heterocycles. The van der Waals surface area contributed by atoms with Gasteiger partial charge in [-0.3, -0.25) is 0 Å². The van der Waals surface area contributed by atoms with Crippen molar-refractivity contribution >= 4 is 15.5 Å². The average molecular weight is 327 g/mol. The van der Waals surface area contributed by atoms with Gasteiger partial charge in [0.15, 0.2) is 0 Å². The van der Waals surface area contributed by atoms with Crippen LogP contribution < -0.4 is 5.32 Å². The molecule has 21 heavy (non-hydrogen) atoms. The minimum absolute atomic E-state index is 0.181. The van der Waals surface area contributed by atoms with Gasteiger partial charge in [0.2, 0.25) is 0 Å². The van der Waals surface area contributed by atoms with Gasteiger partial charge in [-0.15, -0.1) is 0 Å². The number of hydrogen-bond donors (Lipinski definition) is 3. The van der Waals surface area contributed by atoms with E-state index >= 15 is 0 Å². The maximum Gasteiger partial charge on any atom is 0.501 e. The van der Waals surface area contributed by atoms with Gasteiger partial charge in [-0.05, 0) is 18.6 Å². The van der Waals surface area contributed by atoms with E-state index in [2.05, 4.69) is 5.32 Å². The van der Waals surface area contributed by atoms with Crippen molar-refractivity contribution in [3.63, 3.8) is 0 Å². The van der Waals surface area contributed by atoms with E-state index in [1.54, 1.807) is 6.92 Å². The predicted octanol–water partition coefficient (Wildman–Crippen LogP) is 1.53. The molecule has 120 valence electrons. The lowest BCUT2D eigenvalue weighted by Crippen LogP contribution is -2.45. The van der Waals surface area contributed by atoms with Crippen LogP contribution in [0.25, 0.3) is 0 Å². The average Bonchev–Trinajstić information content (AvgIpc) is 2.44. The van der Waals surface area contributed by atoms with Gasteiger partial charge in [0.25, 0.3) is 9.84 Å². The van der Waals surface area contributed by atoms with Crippen LogP contribution in [-0.4, -0.2) is 42.9 Å². The molecule has 9 heteroatoms. The Morgan fingerprint density at radius 1 is 1.14 bits per heavy atom. The van der Waals surface area contributed by atoms with Gasteiger partial charge >= 0.3 is 5.51 Å². The minimum Gasteiger partial charge on any atom is -0.394 e. The molecule has 0 unspecified atom stereocenters. The third kappa shape index (κ3) is 3.47. The molecule has 0 fully saturated rings. The van der Waals surface area contributed by atoms with Crippen LogP contribution in [0, 0.1) is 0 Å². The van der Waals surface area contributed by atoms with Crippen molar-refractivity contribution < 1.29 is 31.8 Å². The smallest absolute Gasteiger partial charge is 0.394 e. The number of halogens is 3. The zero-order valence-corrected chi connectivity index (χ0v) is 12.0. The number of sulfone groups is 1. The molecule has 3 N–H and O–H groups in total. The van der Waals surface area contributed by atoms with E-state index < -0.39 is 39.0 Å². The summed E-state index contributed by atoms with van der Waals surface area (Å²) in [5, 5.41) is 21.1. The lowest BCUT2D eigenvalue weighted by Gasteiger charge is -2.31. The summed E-state index contributed by atoms with van der Waals surface area (Å²) in [4.78, 5) is -0.947. The van der Waals surface area contributed by atoms with Gasteiger partial charge in [-0.25, -0.2) is 8.42 Å². The maximum absolute atomic E-state index is 12.7. The number of alkyl halides is 3. The Morgan fingerprint density at radius 2 is 1.67 bits per heavy atom. The highest BCUT2D eigenvalue weighted by Crippen LogP contribution is 2.35. The fraction of sp³-hybridized carbons (Fsp3) is 0.500. The number of anilines is 1. The molecule has 1 aromatic rings. The second-order valence-corrected chi connectivity index (χ2v) is 6.43. The monoisotopic (exact) mass is 327 g/mol. The van der Waals surface area contributed by atoms with Crippen molar-refractivity contribution in [2.24, 2.45) is 0 Å². The first-order valence-electron chi connectivity index (χ1n) is 6.04. The zero-order valence-electron chi connectivity index (χ0n) is 11.2. The van der Waals surface area contributed by atoms with E-state index in [4.69, 9.17) is 0 Å². The van der Waals surface area contributed by atoms with Crippen LogP contribution in [-0.2, 0) is 9.84 Å². The van der Waals surface area contributed by atoms with Crippen LogP contribution >= 0.6 is 0 Å². The number of para-hydroxylation sites is 1. The molecule has 1 rings (SSSR count). The van der Waals surface area contributed by atoms with Gasteiger partial charge in [-0.2, -0.15) is 13.2 Å². The molecule has 0 radical (unpaired) electrons. The number of benzene rings is 1. The first-order chi connectivity index (χ1) is 9.63. The summed E-state index contributed by atoms with van der Waals surface area (Å²) in [5.41, 5.74) is -7.06. The number of nitrogens with one attached hydrogen (secondary N) is 1. The summed E-state index contributed by atoms with van der Waals surface area (Å²) >= 11 is 0. The van der Waals surface area contributed by atoms with Gasteiger partial charge in [-0.1, -0.05) is 19.1 Å².